The number of fused-ring (bicyclic) bond motifs is 1. The van der Waals surface area contributed by atoms with Crippen molar-refractivity contribution in [3.63, 3.8) is 0 Å². The van der Waals surface area contributed by atoms with Crippen LogP contribution in [0.4, 0.5) is 0 Å². The van der Waals surface area contributed by atoms with Crippen molar-refractivity contribution in [2.24, 2.45) is 0 Å². The number of rotatable bonds is 2. The first-order valence-corrected chi connectivity index (χ1v) is 8.62. The number of piperidine rings is 1. The number of hydrogen-bond acceptors (Lipinski definition) is 4. The normalized spacial score (nSPS) is 22.8. The lowest BCUT2D eigenvalue weighted by Gasteiger charge is -2.37. The number of likely N-dealkylation sites (tertiary alicyclic amines) is 2. The first-order chi connectivity index (χ1) is 11.2. The molecule has 0 saturated carbocycles. The van der Waals surface area contributed by atoms with Gasteiger partial charge in [0.2, 0.25) is 5.78 Å². The molecule has 6 nitrogen and oxygen atoms in total. The predicted molar refractivity (Wildman–Crippen MR) is 87.7 cm³/mol. The van der Waals surface area contributed by atoms with Gasteiger partial charge in [0.15, 0.2) is 0 Å². The molecule has 0 spiro atoms. The molecule has 2 fully saturated rings. The molecule has 1 atom stereocenters. The maximum atomic E-state index is 12.8. The zero-order chi connectivity index (χ0) is 15.8. The van der Waals surface area contributed by atoms with Crippen molar-refractivity contribution in [2.45, 2.75) is 31.7 Å². The van der Waals surface area contributed by atoms with Crippen LogP contribution in [0, 0.1) is 0 Å². The van der Waals surface area contributed by atoms with Gasteiger partial charge in [-0.05, 0) is 38.8 Å². The molecule has 0 radical (unpaired) electrons. The second kappa shape index (κ2) is 6.09. The lowest BCUT2D eigenvalue weighted by Crippen LogP contribution is -2.49. The number of imidazole rings is 1. The van der Waals surface area contributed by atoms with E-state index in [1.165, 1.54) is 32.4 Å². The second-order valence-electron chi connectivity index (χ2n) is 6.40. The number of carbonyl (C=O) groups is 1. The molecule has 4 heterocycles. The fraction of sp³-hybridized carbons (Fsp3) is 0.562. The largest absolute Gasteiger partial charge is 0.336 e. The quantitative estimate of drug-likeness (QED) is 0.844. The Morgan fingerprint density at radius 2 is 2.00 bits per heavy atom. The summed E-state index contributed by atoms with van der Waals surface area (Å²) in [6, 6.07) is 0.500. The Morgan fingerprint density at radius 1 is 1.17 bits per heavy atom. The van der Waals surface area contributed by atoms with E-state index in [2.05, 4.69) is 14.9 Å². The number of halogens is 1. The average Bonchev–Trinajstić information content (AvgIpc) is 3.23. The van der Waals surface area contributed by atoms with E-state index in [4.69, 9.17) is 11.6 Å². The zero-order valence-electron chi connectivity index (χ0n) is 13.0. The molecule has 0 N–H and O–H groups in total. The van der Waals surface area contributed by atoms with Gasteiger partial charge in [0, 0.05) is 31.5 Å². The zero-order valence-corrected chi connectivity index (χ0v) is 13.7. The van der Waals surface area contributed by atoms with Gasteiger partial charge in [0.1, 0.15) is 5.69 Å². The predicted octanol–water partition coefficient (Wildman–Crippen LogP) is 2.08. The van der Waals surface area contributed by atoms with Gasteiger partial charge in [-0.1, -0.05) is 11.6 Å². The Morgan fingerprint density at radius 3 is 2.83 bits per heavy atom. The van der Waals surface area contributed by atoms with E-state index in [1.807, 2.05) is 4.90 Å². The van der Waals surface area contributed by atoms with Crippen molar-refractivity contribution in [3.8, 4) is 0 Å². The molecule has 1 amide bonds. The van der Waals surface area contributed by atoms with Gasteiger partial charge < -0.3 is 4.90 Å². The molecule has 4 rings (SSSR count). The highest BCUT2D eigenvalue weighted by Gasteiger charge is 2.30. The Balaban J connectivity index is 1.52. The van der Waals surface area contributed by atoms with Crippen LogP contribution in [0.25, 0.3) is 5.78 Å². The van der Waals surface area contributed by atoms with Gasteiger partial charge in [-0.15, -0.1) is 0 Å². The van der Waals surface area contributed by atoms with Crippen molar-refractivity contribution in [1.82, 2.24) is 24.2 Å². The number of carbonyl (C=O) groups excluding carboxylic acids is 1. The van der Waals surface area contributed by atoms with Gasteiger partial charge in [0.05, 0.1) is 11.2 Å². The van der Waals surface area contributed by atoms with E-state index in [1.54, 1.807) is 23.0 Å². The molecule has 122 valence electrons. The van der Waals surface area contributed by atoms with Gasteiger partial charge in [-0.3, -0.25) is 14.1 Å². The van der Waals surface area contributed by atoms with Gasteiger partial charge >= 0.3 is 0 Å². The summed E-state index contributed by atoms with van der Waals surface area (Å²) < 4.78 is 1.71. The molecule has 0 bridgehead atoms. The standard InChI is InChI=1S/C16H20ClN5O/c17-12-8-18-16-19-14(11-22(16)9-12)15(23)21-7-3-4-13(10-21)20-5-1-2-6-20/h8-9,11,13H,1-7,10H2/t13-/m0/s1. The highest BCUT2D eigenvalue weighted by atomic mass is 35.5. The van der Waals surface area contributed by atoms with Crippen LogP contribution in [-0.4, -0.2) is 62.3 Å². The Bertz CT molecular complexity index is 724. The van der Waals surface area contributed by atoms with Crippen molar-refractivity contribution in [1.29, 1.82) is 0 Å². The van der Waals surface area contributed by atoms with Crippen LogP contribution in [0.5, 0.6) is 0 Å². The number of amides is 1. The van der Waals surface area contributed by atoms with E-state index < -0.39 is 0 Å². The summed E-state index contributed by atoms with van der Waals surface area (Å²) in [6.07, 6.45) is 9.79. The maximum Gasteiger partial charge on any atom is 0.274 e. The average molecular weight is 334 g/mol. The first kappa shape index (κ1) is 14.9. The molecule has 0 unspecified atom stereocenters. The summed E-state index contributed by atoms with van der Waals surface area (Å²) in [6.45, 7) is 3.96. The lowest BCUT2D eigenvalue weighted by molar-refractivity contribution is 0.0603. The molecule has 2 saturated heterocycles. The summed E-state index contributed by atoms with van der Waals surface area (Å²) in [5.74, 6) is 0.501. The second-order valence-corrected chi connectivity index (χ2v) is 6.83. The van der Waals surface area contributed by atoms with Crippen LogP contribution >= 0.6 is 11.6 Å². The summed E-state index contributed by atoms with van der Waals surface area (Å²) >= 11 is 5.94. The van der Waals surface area contributed by atoms with Crippen LogP contribution in [0.1, 0.15) is 36.2 Å². The van der Waals surface area contributed by atoms with Crippen LogP contribution in [0.15, 0.2) is 18.6 Å². The molecule has 2 aromatic rings. The fourth-order valence-electron chi connectivity index (χ4n) is 3.67. The molecule has 7 heteroatoms. The highest BCUT2D eigenvalue weighted by molar-refractivity contribution is 6.30. The molecular formula is C16H20ClN5O. The van der Waals surface area contributed by atoms with Gasteiger partial charge in [-0.2, -0.15) is 0 Å². The van der Waals surface area contributed by atoms with E-state index in [9.17, 15) is 4.79 Å². The summed E-state index contributed by atoms with van der Waals surface area (Å²) in [5.41, 5.74) is 0.446. The Labute approximate surface area is 140 Å². The molecule has 2 aromatic heterocycles. The number of nitrogens with zero attached hydrogens (tertiary/aromatic N) is 5. The first-order valence-electron chi connectivity index (χ1n) is 8.24. The van der Waals surface area contributed by atoms with Crippen LogP contribution in [0.3, 0.4) is 0 Å². The molecule has 0 aromatic carbocycles. The van der Waals surface area contributed by atoms with Crippen molar-refractivity contribution in [3.05, 3.63) is 29.3 Å². The minimum Gasteiger partial charge on any atom is -0.336 e. The van der Waals surface area contributed by atoms with Crippen LogP contribution in [-0.2, 0) is 0 Å². The Kier molecular flexibility index (Phi) is 3.95. The van der Waals surface area contributed by atoms with E-state index in [0.29, 0.717) is 22.5 Å². The van der Waals surface area contributed by atoms with E-state index in [0.717, 1.165) is 19.5 Å². The van der Waals surface area contributed by atoms with Crippen molar-refractivity contribution in [2.75, 3.05) is 26.2 Å². The number of aromatic nitrogens is 3. The molecular weight excluding hydrogens is 314 g/mol. The van der Waals surface area contributed by atoms with E-state index >= 15 is 0 Å². The topological polar surface area (TPSA) is 53.7 Å². The molecule has 2 aliphatic rings. The summed E-state index contributed by atoms with van der Waals surface area (Å²) in [5, 5.41) is 0.529. The number of hydrogen-bond donors (Lipinski definition) is 0. The van der Waals surface area contributed by atoms with E-state index in [-0.39, 0.29) is 5.91 Å². The fourth-order valence-corrected chi connectivity index (χ4v) is 3.82. The van der Waals surface area contributed by atoms with Crippen molar-refractivity contribution >= 4 is 23.3 Å². The maximum absolute atomic E-state index is 12.8. The summed E-state index contributed by atoms with van der Waals surface area (Å²) in [7, 11) is 0. The third kappa shape index (κ3) is 2.93. The van der Waals surface area contributed by atoms with Crippen molar-refractivity contribution < 1.29 is 4.79 Å². The summed E-state index contributed by atoms with van der Waals surface area (Å²) in [4.78, 5) is 25.7. The minimum absolute atomic E-state index is 0.00415. The highest BCUT2D eigenvalue weighted by Crippen LogP contribution is 2.21. The Hall–Kier alpha value is -1.66. The molecule has 2 aliphatic heterocycles. The third-order valence-electron chi connectivity index (χ3n) is 4.84. The minimum atomic E-state index is -0.00415. The smallest absolute Gasteiger partial charge is 0.274 e. The SMILES string of the molecule is O=C(c1cn2cc(Cl)cnc2n1)N1CCC[C@H](N2CCCC2)C1. The lowest BCUT2D eigenvalue weighted by atomic mass is 10.0. The van der Waals surface area contributed by atoms with Crippen LogP contribution < -0.4 is 0 Å². The van der Waals surface area contributed by atoms with Crippen LogP contribution in [0.2, 0.25) is 5.02 Å². The van der Waals surface area contributed by atoms with Gasteiger partial charge in [0.25, 0.3) is 5.91 Å². The monoisotopic (exact) mass is 333 g/mol. The van der Waals surface area contributed by atoms with Gasteiger partial charge in [-0.25, -0.2) is 9.97 Å². The third-order valence-corrected chi connectivity index (χ3v) is 5.03. The molecule has 23 heavy (non-hydrogen) atoms. The molecule has 0 aliphatic carbocycles.